The first-order valence-electron chi connectivity index (χ1n) is 9.52. The lowest BCUT2D eigenvalue weighted by atomic mass is 9.87. The standard InChI is InChI=1S/C19H31N5O3S/c1-14-5-4-6-16(11-14)23-19(22-13-18(25)24(2)3)21-12-15-7-9-17(10-8-15)28(20,26)27/h7-10,14,16H,4-6,11-13H2,1-3H3,(H2,20,26,27)(H2,21,22,23). The van der Waals surface area contributed by atoms with E-state index in [1.165, 1.54) is 29.9 Å². The third-order valence-electron chi connectivity index (χ3n) is 4.85. The highest BCUT2D eigenvalue weighted by atomic mass is 32.2. The van der Waals surface area contributed by atoms with Crippen LogP contribution in [0.15, 0.2) is 34.2 Å². The Kier molecular flexibility index (Phi) is 7.82. The molecule has 4 N–H and O–H groups in total. The van der Waals surface area contributed by atoms with Crippen LogP contribution in [0.2, 0.25) is 0 Å². The Hall–Kier alpha value is -2.13. The Labute approximate surface area is 167 Å². The van der Waals surface area contributed by atoms with Crippen molar-refractivity contribution in [3.05, 3.63) is 29.8 Å². The zero-order valence-electron chi connectivity index (χ0n) is 16.8. The Morgan fingerprint density at radius 2 is 1.93 bits per heavy atom. The van der Waals surface area contributed by atoms with E-state index in [9.17, 15) is 13.2 Å². The number of sulfonamides is 1. The summed E-state index contributed by atoms with van der Waals surface area (Å²) in [6, 6.07) is 6.65. The number of nitrogens with one attached hydrogen (secondary N) is 2. The molecule has 2 atom stereocenters. The molecule has 9 heteroatoms. The van der Waals surface area contributed by atoms with E-state index in [4.69, 9.17) is 5.14 Å². The van der Waals surface area contributed by atoms with E-state index in [1.807, 2.05) is 0 Å². The first-order chi connectivity index (χ1) is 13.1. The average molecular weight is 410 g/mol. The van der Waals surface area contributed by atoms with E-state index in [0.29, 0.717) is 24.5 Å². The third kappa shape index (κ3) is 7.12. The van der Waals surface area contributed by atoms with Crippen molar-refractivity contribution in [2.45, 2.75) is 50.1 Å². The van der Waals surface area contributed by atoms with Crippen LogP contribution in [0.4, 0.5) is 0 Å². The Bertz CT molecular complexity index is 790. The van der Waals surface area contributed by atoms with Crippen molar-refractivity contribution in [3.63, 3.8) is 0 Å². The minimum absolute atomic E-state index is 0.0379. The molecule has 0 spiro atoms. The van der Waals surface area contributed by atoms with Crippen LogP contribution in [0.25, 0.3) is 0 Å². The van der Waals surface area contributed by atoms with Crippen molar-refractivity contribution >= 4 is 21.9 Å². The number of nitrogens with zero attached hydrogens (tertiary/aromatic N) is 2. The summed E-state index contributed by atoms with van der Waals surface area (Å²) in [5.41, 5.74) is 0.851. The van der Waals surface area contributed by atoms with E-state index >= 15 is 0 Å². The lowest BCUT2D eigenvalue weighted by Crippen LogP contribution is -2.47. The number of amides is 1. The fourth-order valence-electron chi connectivity index (χ4n) is 3.18. The number of aliphatic imine (C=N–C) groups is 1. The number of benzene rings is 1. The molecular weight excluding hydrogens is 378 g/mol. The van der Waals surface area contributed by atoms with Crippen molar-refractivity contribution in [1.29, 1.82) is 0 Å². The summed E-state index contributed by atoms with van der Waals surface area (Å²) in [7, 11) is -0.279. The minimum atomic E-state index is -3.70. The van der Waals surface area contributed by atoms with Gasteiger partial charge in [0.2, 0.25) is 15.9 Å². The van der Waals surface area contributed by atoms with Crippen molar-refractivity contribution < 1.29 is 13.2 Å². The number of primary sulfonamides is 1. The van der Waals surface area contributed by atoms with Gasteiger partial charge in [0.15, 0.2) is 5.96 Å². The van der Waals surface area contributed by atoms with Crippen LogP contribution in [0.3, 0.4) is 0 Å². The molecule has 0 saturated heterocycles. The predicted octanol–water partition coefficient (Wildman–Crippen LogP) is 1.04. The van der Waals surface area contributed by atoms with Crippen LogP contribution in [0.1, 0.15) is 38.2 Å². The monoisotopic (exact) mass is 409 g/mol. The molecule has 1 amide bonds. The summed E-state index contributed by atoms with van der Waals surface area (Å²) in [6.07, 6.45) is 4.58. The van der Waals surface area contributed by atoms with Gasteiger partial charge in [-0.1, -0.05) is 31.9 Å². The quantitative estimate of drug-likeness (QED) is 0.479. The molecule has 0 aliphatic heterocycles. The highest BCUT2D eigenvalue weighted by Gasteiger charge is 2.20. The van der Waals surface area contributed by atoms with E-state index in [0.717, 1.165) is 18.4 Å². The van der Waals surface area contributed by atoms with Gasteiger partial charge in [-0.05, 0) is 36.5 Å². The molecule has 1 aromatic carbocycles. The first kappa shape index (κ1) is 22.2. The number of carbonyl (C=O) groups excluding carboxylic acids is 1. The Morgan fingerprint density at radius 1 is 1.25 bits per heavy atom. The minimum Gasteiger partial charge on any atom is -0.354 e. The van der Waals surface area contributed by atoms with Crippen LogP contribution in [0, 0.1) is 5.92 Å². The maximum atomic E-state index is 11.9. The Morgan fingerprint density at radius 3 is 2.50 bits per heavy atom. The van der Waals surface area contributed by atoms with E-state index < -0.39 is 10.0 Å². The summed E-state index contributed by atoms with van der Waals surface area (Å²) in [5.74, 6) is 1.22. The predicted molar refractivity (Wildman–Crippen MR) is 110 cm³/mol. The third-order valence-corrected chi connectivity index (χ3v) is 5.78. The van der Waals surface area contributed by atoms with Gasteiger partial charge in [-0.3, -0.25) is 4.79 Å². The molecule has 0 bridgehead atoms. The number of hydrogen-bond donors (Lipinski definition) is 3. The molecule has 28 heavy (non-hydrogen) atoms. The maximum absolute atomic E-state index is 11.9. The summed E-state index contributed by atoms with van der Waals surface area (Å²) in [5, 5.41) is 11.7. The number of rotatable bonds is 6. The molecule has 1 saturated carbocycles. The summed E-state index contributed by atoms with van der Waals surface area (Å²) in [4.78, 5) is 18.1. The van der Waals surface area contributed by atoms with Gasteiger partial charge in [-0.2, -0.15) is 0 Å². The largest absolute Gasteiger partial charge is 0.354 e. The van der Waals surface area contributed by atoms with Gasteiger partial charge in [-0.25, -0.2) is 18.5 Å². The molecule has 1 fully saturated rings. The zero-order chi connectivity index (χ0) is 20.7. The second-order valence-corrected chi connectivity index (χ2v) is 9.17. The van der Waals surface area contributed by atoms with Crippen molar-refractivity contribution in [2.75, 3.05) is 20.6 Å². The first-order valence-corrected chi connectivity index (χ1v) is 11.1. The normalized spacial score (nSPS) is 20.5. The highest BCUT2D eigenvalue weighted by molar-refractivity contribution is 7.89. The van der Waals surface area contributed by atoms with Gasteiger partial charge in [-0.15, -0.1) is 0 Å². The van der Waals surface area contributed by atoms with Crippen LogP contribution in [-0.4, -0.2) is 51.9 Å². The second-order valence-electron chi connectivity index (χ2n) is 7.61. The maximum Gasteiger partial charge on any atom is 0.241 e. The van der Waals surface area contributed by atoms with Crippen LogP contribution >= 0.6 is 0 Å². The number of carbonyl (C=O) groups is 1. The molecular formula is C19H31N5O3S. The van der Waals surface area contributed by atoms with E-state index in [1.54, 1.807) is 26.2 Å². The van der Waals surface area contributed by atoms with Crippen molar-refractivity contribution in [1.82, 2.24) is 15.5 Å². The highest BCUT2D eigenvalue weighted by Crippen LogP contribution is 2.23. The molecule has 156 valence electrons. The van der Waals surface area contributed by atoms with Gasteiger partial charge >= 0.3 is 0 Å². The fourth-order valence-corrected chi connectivity index (χ4v) is 3.70. The molecule has 0 radical (unpaired) electrons. The zero-order valence-corrected chi connectivity index (χ0v) is 17.6. The number of hydrogen-bond acceptors (Lipinski definition) is 4. The summed E-state index contributed by atoms with van der Waals surface area (Å²) < 4.78 is 22.7. The molecule has 1 aliphatic carbocycles. The molecule has 8 nitrogen and oxygen atoms in total. The van der Waals surface area contributed by atoms with Gasteiger partial charge in [0, 0.05) is 20.1 Å². The molecule has 0 heterocycles. The van der Waals surface area contributed by atoms with E-state index in [2.05, 4.69) is 22.5 Å². The molecule has 1 aromatic rings. The van der Waals surface area contributed by atoms with Crippen molar-refractivity contribution in [2.24, 2.45) is 16.0 Å². The van der Waals surface area contributed by atoms with Gasteiger partial charge in [0.05, 0.1) is 18.0 Å². The smallest absolute Gasteiger partial charge is 0.241 e. The summed E-state index contributed by atoms with van der Waals surface area (Å²) >= 11 is 0. The van der Waals surface area contributed by atoms with E-state index in [-0.39, 0.29) is 17.3 Å². The Balaban J connectivity index is 2.06. The lowest BCUT2D eigenvalue weighted by Gasteiger charge is -2.29. The lowest BCUT2D eigenvalue weighted by molar-refractivity contribution is -0.127. The SMILES string of the molecule is CC1CCCC(NC(=NCc2ccc(S(N)(=O)=O)cc2)NCC(=O)N(C)C)C1. The van der Waals surface area contributed by atoms with Gasteiger partial charge < -0.3 is 15.5 Å². The number of guanidine groups is 1. The molecule has 2 rings (SSSR count). The van der Waals surface area contributed by atoms with Crippen LogP contribution in [0.5, 0.6) is 0 Å². The van der Waals surface area contributed by atoms with Gasteiger partial charge in [0.1, 0.15) is 0 Å². The number of likely N-dealkylation sites (N-methyl/N-ethyl adjacent to an activating group) is 1. The molecule has 2 unspecified atom stereocenters. The molecule has 1 aliphatic rings. The van der Waals surface area contributed by atoms with Gasteiger partial charge in [0.25, 0.3) is 0 Å². The number of nitrogens with two attached hydrogens (primary N) is 1. The summed E-state index contributed by atoms with van der Waals surface area (Å²) in [6.45, 7) is 2.77. The average Bonchev–Trinajstić information content (AvgIpc) is 2.63. The van der Waals surface area contributed by atoms with Crippen LogP contribution < -0.4 is 15.8 Å². The second kappa shape index (κ2) is 9.88. The van der Waals surface area contributed by atoms with Crippen LogP contribution in [-0.2, 0) is 21.4 Å². The molecule has 0 aromatic heterocycles. The fraction of sp³-hybridized carbons (Fsp3) is 0.579. The van der Waals surface area contributed by atoms with Crippen molar-refractivity contribution in [3.8, 4) is 0 Å². The topological polar surface area (TPSA) is 117 Å².